The first-order valence-electron chi connectivity index (χ1n) is 13.1. The molecule has 0 unspecified atom stereocenters. The molecule has 0 radical (unpaired) electrons. The topological polar surface area (TPSA) is 94.6 Å². The predicted octanol–water partition coefficient (Wildman–Crippen LogP) is 4.17. The minimum Gasteiger partial charge on any atom is -0.480 e. The second-order valence-corrected chi connectivity index (χ2v) is 9.81. The Labute approximate surface area is 208 Å². The van der Waals surface area contributed by atoms with Crippen molar-refractivity contribution in [3.63, 3.8) is 0 Å². The van der Waals surface area contributed by atoms with Gasteiger partial charge in [-0.05, 0) is 55.7 Å². The van der Waals surface area contributed by atoms with E-state index < -0.39 is 12.0 Å². The van der Waals surface area contributed by atoms with Crippen molar-refractivity contribution in [1.82, 2.24) is 15.2 Å². The summed E-state index contributed by atoms with van der Waals surface area (Å²) in [7, 11) is 0. The maximum absolute atomic E-state index is 12.7. The van der Waals surface area contributed by atoms with Gasteiger partial charge in [0.25, 0.3) is 0 Å². The Hall–Kier alpha value is -2.93. The number of fused-ring (bicyclic) bond motifs is 1. The quantitative estimate of drug-likeness (QED) is 0.374. The number of aryl methyl sites for hydroxylation is 2. The Bertz CT molecular complexity index is 981. The Morgan fingerprint density at radius 3 is 2.66 bits per heavy atom. The molecule has 1 amide bonds. The van der Waals surface area contributed by atoms with Crippen molar-refractivity contribution in [3.8, 4) is 0 Å². The molecule has 0 spiro atoms. The van der Waals surface area contributed by atoms with Gasteiger partial charge in [-0.25, -0.2) is 9.78 Å². The van der Waals surface area contributed by atoms with Crippen LogP contribution in [0.3, 0.4) is 0 Å². The summed E-state index contributed by atoms with van der Waals surface area (Å²) >= 11 is 0. The van der Waals surface area contributed by atoms with E-state index in [4.69, 9.17) is 4.98 Å². The van der Waals surface area contributed by atoms with Crippen LogP contribution in [0.4, 0.5) is 5.82 Å². The number of carboxylic acid groups (broad SMARTS) is 1. The summed E-state index contributed by atoms with van der Waals surface area (Å²) in [5.41, 5.74) is 3.63. The molecule has 0 saturated carbocycles. The van der Waals surface area contributed by atoms with Crippen LogP contribution in [0.15, 0.2) is 42.5 Å². The average molecular weight is 479 g/mol. The average Bonchev–Trinajstić information content (AvgIpc) is 2.85. The number of hydrogen-bond donors (Lipinski definition) is 3. The van der Waals surface area contributed by atoms with Gasteiger partial charge in [-0.3, -0.25) is 9.69 Å². The summed E-state index contributed by atoms with van der Waals surface area (Å²) in [5.74, 6) is -0.0495. The monoisotopic (exact) mass is 478 g/mol. The second-order valence-electron chi connectivity index (χ2n) is 9.81. The van der Waals surface area contributed by atoms with Crippen molar-refractivity contribution in [3.05, 3.63) is 59.3 Å². The van der Waals surface area contributed by atoms with Crippen LogP contribution in [0.1, 0.15) is 68.2 Å². The molecule has 0 bridgehead atoms. The van der Waals surface area contributed by atoms with Crippen LogP contribution >= 0.6 is 0 Å². The fraction of sp³-hybridized carbons (Fsp3) is 0.536. The fourth-order valence-corrected chi connectivity index (χ4v) is 4.96. The highest BCUT2D eigenvalue weighted by Crippen LogP contribution is 2.22. The summed E-state index contributed by atoms with van der Waals surface area (Å²) in [5, 5.41) is 15.8. The molecule has 1 saturated heterocycles. The number of amides is 1. The Balaban J connectivity index is 1.11. The molecular weight excluding hydrogens is 440 g/mol. The number of aromatic nitrogens is 1. The lowest BCUT2D eigenvalue weighted by Gasteiger charge is -2.40. The molecule has 7 heteroatoms. The zero-order chi connectivity index (χ0) is 24.5. The second kappa shape index (κ2) is 12.7. The first kappa shape index (κ1) is 25.2. The number of carbonyl (C=O) groups is 2. The Morgan fingerprint density at radius 1 is 1.09 bits per heavy atom. The van der Waals surface area contributed by atoms with E-state index in [1.165, 1.54) is 17.5 Å². The summed E-state index contributed by atoms with van der Waals surface area (Å²) in [6, 6.07) is 13.4. The lowest BCUT2D eigenvalue weighted by atomic mass is 9.99. The number of carboxylic acids is 1. The van der Waals surface area contributed by atoms with Gasteiger partial charge in [0, 0.05) is 25.3 Å². The van der Waals surface area contributed by atoms with Crippen LogP contribution in [0.2, 0.25) is 0 Å². The van der Waals surface area contributed by atoms with Crippen LogP contribution < -0.4 is 10.6 Å². The molecule has 1 fully saturated rings. The summed E-state index contributed by atoms with van der Waals surface area (Å²) < 4.78 is 0. The number of benzene rings is 1. The zero-order valence-electron chi connectivity index (χ0n) is 20.5. The van der Waals surface area contributed by atoms with Gasteiger partial charge in [0.2, 0.25) is 5.91 Å². The van der Waals surface area contributed by atoms with E-state index in [0.29, 0.717) is 13.0 Å². The maximum atomic E-state index is 12.7. The molecule has 1 aromatic carbocycles. The third-order valence-electron chi connectivity index (χ3n) is 7.15. The van der Waals surface area contributed by atoms with E-state index in [9.17, 15) is 14.7 Å². The summed E-state index contributed by atoms with van der Waals surface area (Å²) in [6.45, 7) is 2.59. The van der Waals surface area contributed by atoms with E-state index >= 15 is 0 Å². The van der Waals surface area contributed by atoms with Crippen LogP contribution in [0.5, 0.6) is 0 Å². The van der Waals surface area contributed by atoms with Crippen LogP contribution in [0, 0.1) is 0 Å². The minimum atomic E-state index is -0.945. The molecular formula is C28H38N4O3. The first-order valence-corrected chi connectivity index (χ1v) is 13.1. The van der Waals surface area contributed by atoms with Gasteiger partial charge in [-0.1, -0.05) is 62.1 Å². The number of hydrogen-bond acceptors (Lipinski definition) is 5. The smallest absolute Gasteiger partial charge is 0.326 e. The van der Waals surface area contributed by atoms with Crippen molar-refractivity contribution < 1.29 is 14.7 Å². The van der Waals surface area contributed by atoms with E-state index in [1.807, 2.05) is 30.3 Å². The van der Waals surface area contributed by atoms with Gasteiger partial charge in [-0.15, -0.1) is 0 Å². The molecule has 2 aromatic rings. The SMILES string of the molecule is O=C(O)[C@H](CCCCCCCc1ccc2c(n1)NCCC2)NC(=O)[C@@H]1CCN1Cc1ccccc1. The van der Waals surface area contributed by atoms with E-state index in [-0.39, 0.29) is 11.9 Å². The van der Waals surface area contributed by atoms with Gasteiger partial charge in [0.05, 0.1) is 6.04 Å². The highest BCUT2D eigenvalue weighted by molar-refractivity contribution is 5.87. The normalized spacial score (nSPS) is 18.1. The third kappa shape index (κ3) is 7.28. The van der Waals surface area contributed by atoms with Crippen LogP contribution in [-0.4, -0.2) is 52.0 Å². The van der Waals surface area contributed by atoms with Crippen molar-refractivity contribution in [2.24, 2.45) is 0 Å². The number of pyridine rings is 1. The standard InChI is InChI=1S/C28H38N4O3/c33-27(25-17-19-32(25)20-21-10-5-4-6-11-21)31-24(28(34)35)14-8-3-1-2-7-13-23-16-15-22-12-9-18-29-26(22)30-23/h4-6,10-11,15-16,24-25H,1-3,7-9,12-14,17-20H2,(H,29,30)(H,31,33)(H,34,35)/t24-,25-/m0/s1. The van der Waals surface area contributed by atoms with Gasteiger partial charge >= 0.3 is 5.97 Å². The number of carbonyl (C=O) groups excluding carboxylic acids is 1. The van der Waals surface area contributed by atoms with E-state index in [2.05, 4.69) is 27.7 Å². The molecule has 7 nitrogen and oxygen atoms in total. The number of unbranched alkanes of at least 4 members (excludes halogenated alkanes) is 4. The number of rotatable bonds is 13. The molecule has 35 heavy (non-hydrogen) atoms. The molecule has 2 aliphatic rings. The lowest BCUT2D eigenvalue weighted by Crippen LogP contribution is -2.57. The van der Waals surface area contributed by atoms with E-state index in [1.54, 1.807) is 0 Å². The zero-order valence-corrected chi connectivity index (χ0v) is 20.5. The van der Waals surface area contributed by atoms with Gasteiger partial charge in [0.1, 0.15) is 11.9 Å². The van der Waals surface area contributed by atoms with Crippen molar-refractivity contribution >= 4 is 17.7 Å². The highest BCUT2D eigenvalue weighted by atomic mass is 16.4. The molecule has 188 valence electrons. The van der Waals surface area contributed by atoms with Gasteiger partial charge < -0.3 is 15.7 Å². The predicted molar refractivity (Wildman–Crippen MR) is 137 cm³/mol. The minimum absolute atomic E-state index is 0.161. The van der Waals surface area contributed by atoms with E-state index in [0.717, 1.165) is 76.0 Å². The van der Waals surface area contributed by atoms with Crippen molar-refractivity contribution in [1.29, 1.82) is 0 Å². The number of likely N-dealkylation sites (tertiary alicyclic amines) is 1. The molecule has 2 atom stereocenters. The van der Waals surface area contributed by atoms with Gasteiger partial charge in [0.15, 0.2) is 0 Å². The Morgan fingerprint density at radius 2 is 1.89 bits per heavy atom. The number of aliphatic carboxylic acids is 1. The summed E-state index contributed by atoms with van der Waals surface area (Å²) in [4.78, 5) is 31.3. The van der Waals surface area contributed by atoms with Crippen LogP contribution in [-0.2, 0) is 29.0 Å². The molecule has 4 rings (SSSR count). The fourth-order valence-electron chi connectivity index (χ4n) is 4.96. The Kier molecular flexibility index (Phi) is 9.12. The molecule has 1 aromatic heterocycles. The number of nitrogens with zero attached hydrogens (tertiary/aromatic N) is 2. The molecule has 3 N–H and O–H groups in total. The molecule has 0 aliphatic carbocycles. The van der Waals surface area contributed by atoms with Crippen molar-refractivity contribution in [2.75, 3.05) is 18.4 Å². The lowest BCUT2D eigenvalue weighted by molar-refractivity contribution is -0.144. The number of nitrogens with one attached hydrogen (secondary N) is 2. The van der Waals surface area contributed by atoms with Crippen molar-refractivity contribution in [2.45, 2.75) is 82.8 Å². The molecule has 2 aliphatic heterocycles. The highest BCUT2D eigenvalue weighted by Gasteiger charge is 2.35. The number of anilines is 1. The molecule has 3 heterocycles. The van der Waals surface area contributed by atoms with Gasteiger partial charge in [-0.2, -0.15) is 0 Å². The largest absolute Gasteiger partial charge is 0.480 e. The first-order chi connectivity index (χ1) is 17.1. The maximum Gasteiger partial charge on any atom is 0.326 e. The summed E-state index contributed by atoms with van der Waals surface area (Å²) in [6.07, 6.45) is 9.55. The third-order valence-corrected chi connectivity index (χ3v) is 7.15. The van der Waals surface area contributed by atoms with Crippen LogP contribution in [0.25, 0.3) is 0 Å².